The minimum atomic E-state index is -0.513. The molecule has 0 aromatic heterocycles. The van der Waals surface area contributed by atoms with Gasteiger partial charge in [0, 0.05) is 12.3 Å². The third kappa shape index (κ3) is 8.63. The fraction of sp³-hybridized carbons (Fsp3) is 0.964. The summed E-state index contributed by atoms with van der Waals surface area (Å²) in [5.41, 5.74) is -0.609. The maximum absolute atomic E-state index is 13.1. The van der Waals surface area contributed by atoms with Crippen LogP contribution in [0.3, 0.4) is 0 Å². The molecule has 0 amide bonds. The van der Waals surface area contributed by atoms with Gasteiger partial charge in [0.25, 0.3) is 0 Å². The molecule has 2 rings (SSSR count). The number of esters is 1. The van der Waals surface area contributed by atoms with E-state index in [-0.39, 0.29) is 23.1 Å². The van der Waals surface area contributed by atoms with Crippen molar-refractivity contribution in [2.24, 2.45) is 22.2 Å². The van der Waals surface area contributed by atoms with Crippen molar-refractivity contribution in [3.05, 3.63) is 0 Å². The Bertz CT molecular complexity index is 547. The number of rotatable bonds is 10. The zero-order valence-corrected chi connectivity index (χ0v) is 22.3. The molecule has 2 aliphatic carbocycles. The Labute approximate surface area is 198 Å². The van der Waals surface area contributed by atoms with Crippen LogP contribution in [0, 0.1) is 22.2 Å². The predicted octanol–water partition coefficient (Wildman–Crippen LogP) is 7.68. The molecule has 2 saturated carbocycles. The van der Waals surface area contributed by atoms with Gasteiger partial charge in [0.2, 0.25) is 0 Å². The molecule has 0 aromatic rings. The molecule has 4 heteroatoms. The number of hydrogen-bond acceptors (Lipinski definition) is 4. The molecule has 2 atom stereocenters. The number of carbonyl (C=O) groups excluding carboxylic acids is 1. The second-order valence-corrected chi connectivity index (χ2v) is 12.8. The first-order valence-electron chi connectivity index (χ1n) is 13.4. The van der Waals surface area contributed by atoms with Gasteiger partial charge in [-0.25, -0.2) is 0 Å². The number of carbonyl (C=O) groups is 1. The zero-order valence-electron chi connectivity index (χ0n) is 22.3. The predicted molar refractivity (Wildman–Crippen MR) is 131 cm³/mol. The number of hydrogen-bond donors (Lipinski definition) is 0. The van der Waals surface area contributed by atoms with Gasteiger partial charge < -0.3 is 14.2 Å². The molecule has 2 aliphatic rings. The van der Waals surface area contributed by atoms with Crippen molar-refractivity contribution in [2.45, 2.75) is 138 Å². The van der Waals surface area contributed by atoms with Crippen LogP contribution in [-0.2, 0) is 19.0 Å². The van der Waals surface area contributed by atoms with Crippen molar-refractivity contribution in [1.82, 2.24) is 0 Å². The first kappa shape index (κ1) is 27.6. The quantitative estimate of drug-likeness (QED) is 0.194. The Hall–Kier alpha value is -0.610. The van der Waals surface area contributed by atoms with Gasteiger partial charge in [0.1, 0.15) is 0 Å². The molecule has 188 valence electrons. The van der Waals surface area contributed by atoms with E-state index in [4.69, 9.17) is 14.2 Å². The maximum atomic E-state index is 13.1. The highest BCUT2D eigenvalue weighted by Crippen LogP contribution is 2.47. The van der Waals surface area contributed by atoms with Crippen LogP contribution in [0.25, 0.3) is 0 Å². The minimum absolute atomic E-state index is 0.0633. The molecule has 0 bridgehead atoms. The smallest absolute Gasteiger partial charge is 0.312 e. The standard InChI is InChI=1S/C28H52O4/c1-26(2,3)21-28(7,27(4,5)6)25(29)31-20-14-19-30-24(22-15-10-8-11-16-22)32-23-17-12-9-13-18-23/h22-24H,8-21H2,1-7H3. The van der Waals surface area contributed by atoms with Crippen molar-refractivity contribution >= 4 is 5.97 Å². The topological polar surface area (TPSA) is 44.8 Å². The lowest BCUT2D eigenvalue weighted by Crippen LogP contribution is -2.44. The van der Waals surface area contributed by atoms with E-state index in [1.54, 1.807) is 0 Å². The Morgan fingerprint density at radius 2 is 1.38 bits per heavy atom. The first-order valence-corrected chi connectivity index (χ1v) is 13.4. The van der Waals surface area contributed by atoms with Gasteiger partial charge in [-0.1, -0.05) is 80.1 Å². The second-order valence-electron chi connectivity index (χ2n) is 12.8. The van der Waals surface area contributed by atoms with Crippen LogP contribution in [0.1, 0.15) is 126 Å². The minimum Gasteiger partial charge on any atom is -0.465 e. The highest BCUT2D eigenvalue weighted by molar-refractivity contribution is 5.77. The Kier molecular flexibility index (Phi) is 10.5. The summed E-state index contributed by atoms with van der Waals surface area (Å²) in [6.45, 7) is 16.1. The fourth-order valence-electron chi connectivity index (χ4n) is 5.37. The average Bonchev–Trinajstić information content (AvgIpc) is 2.72. The molecular formula is C28H52O4. The molecule has 0 radical (unpaired) electrons. The molecule has 2 unspecified atom stereocenters. The van der Waals surface area contributed by atoms with Crippen molar-refractivity contribution in [2.75, 3.05) is 13.2 Å². The van der Waals surface area contributed by atoms with Gasteiger partial charge in [-0.15, -0.1) is 0 Å². The van der Waals surface area contributed by atoms with Gasteiger partial charge in [0.05, 0.1) is 24.7 Å². The third-order valence-corrected chi connectivity index (χ3v) is 7.71. The summed E-state index contributed by atoms with van der Waals surface area (Å²) in [7, 11) is 0. The van der Waals surface area contributed by atoms with E-state index in [0.717, 1.165) is 12.8 Å². The van der Waals surface area contributed by atoms with Crippen molar-refractivity contribution in [1.29, 1.82) is 0 Å². The molecule has 0 N–H and O–H groups in total. The van der Waals surface area contributed by atoms with E-state index in [0.29, 0.717) is 25.2 Å². The Morgan fingerprint density at radius 1 is 0.812 bits per heavy atom. The van der Waals surface area contributed by atoms with Crippen molar-refractivity contribution in [3.8, 4) is 0 Å². The van der Waals surface area contributed by atoms with Crippen LogP contribution in [-0.4, -0.2) is 31.6 Å². The van der Waals surface area contributed by atoms with Crippen molar-refractivity contribution < 1.29 is 19.0 Å². The SMILES string of the molecule is CC(C)(C)CC(C)(C(=O)OCCCOC(OC1CCCCC1)C1CCCCC1)C(C)(C)C. The molecular weight excluding hydrogens is 400 g/mol. The van der Waals surface area contributed by atoms with E-state index in [1.165, 1.54) is 64.2 Å². The summed E-state index contributed by atoms with van der Waals surface area (Å²) in [5, 5.41) is 0. The van der Waals surface area contributed by atoms with Crippen LogP contribution < -0.4 is 0 Å². The molecule has 0 heterocycles. The van der Waals surface area contributed by atoms with E-state index in [1.807, 2.05) is 0 Å². The summed E-state index contributed by atoms with van der Waals surface area (Å²) in [6.07, 6.45) is 14.4. The summed E-state index contributed by atoms with van der Waals surface area (Å²) < 4.78 is 18.6. The van der Waals surface area contributed by atoms with Gasteiger partial charge >= 0.3 is 5.97 Å². The van der Waals surface area contributed by atoms with Crippen LogP contribution in [0.2, 0.25) is 0 Å². The molecule has 32 heavy (non-hydrogen) atoms. The summed E-state index contributed by atoms with van der Waals surface area (Å²) in [5.74, 6) is 0.436. The summed E-state index contributed by atoms with van der Waals surface area (Å²) in [6, 6.07) is 0. The molecule has 0 aromatic carbocycles. The van der Waals surface area contributed by atoms with Gasteiger partial charge in [-0.2, -0.15) is 0 Å². The van der Waals surface area contributed by atoms with Crippen LogP contribution >= 0.6 is 0 Å². The van der Waals surface area contributed by atoms with Crippen molar-refractivity contribution in [3.63, 3.8) is 0 Å². The lowest BCUT2D eigenvalue weighted by molar-refractivity contribution is -0.208. The second kappa shape index (κ2) is 12.2. The van der Waals surface area contributed by atoms with Gasteiger partial charge in [0.15, 0.2) is 6.29 Å². The maximum Gasteiger partial charge on any atom is 0.312 e. The zero-order chi connectivity index (χ0) is 23.8. The largest absolute Gasteiger partial charge is 0.465 e. The molecule has 0 spiro atoms. The molecule has 4 nitrogen and oxygen atoms in total. The molecule has 0 saturated heterocycles. The summed E-state index contributed by atoms with van der Waals surface area (Å²) >= 11 is 0. The lowest BCUT2D eigenvalue weighted by atomic mass is 9.61. The van der Waals surface area contributed by atoms with Gasteiger partial charge in [-0.05, 0) is 49.9 Å². The van der Waals surface area contributed by atoms with Crippen LogP contribution in [0.5, 0.6) is 0 Å². The first-order chi connectivity index (χ1) is 14.9. The average molecular weight is 453 g/mol. The lowest BCUT2D eigenvalue weighted by Gasteiger charge is -2.43. The van der Waals surface area contributed by atoms with Gasteiger partial charge in [-0.3, -0.25) is 4.79 Å². The summed E-state index contributed by atoms with van der Waals surface area (Å²) in [4.78, 5) is 13.1. The highest BCUT2D eigenvalue weighted by atomic mass is 16.7. The molecule has 0 aliphatic heterocycles. The van der Waals surface area contributed by atoms with E-state index >= 15 is 0 Å². The van der Waals surface area contributed by atoms with E-state index in [9.17, 15) is 4.79 Å². The third-order valence-electron chi connectivity index (χ3n) is 7.71. The monoisotopic (exact) mass is 452 g/mol. The highest BCUT2D eigenvalue weighted by Gasteiger charge is 2.47. The van der Waals surface area contributed by atoms with E-state index in [2.05, 4.69) is 48.5 Å². The fourth-order valence-corrected chi connectivity index (χ4v) is 5.37. The van der Waals surface area contributed by atoms with Crippen LogP contribution in [0.4, 0.5) is 0 Å². The number of ether oxygens (including phenoxy) is 3. The normalized spacial score (nSPS) is 22.3. The molecule has 2 fully saturated rings. The van der Waals surface area contributed by atoms with E-state index < -0.39 is 5.41 Å². The Morgan fingerprint density at radius 3 is 1.91 bits per heavy atom. The Balaban J connectivity index is 1.83. The van der Waals surface area contributed by atoms with Crippen LogP contribution in [0.15, 0.2) is 0 Å².